The Kier molecular flexibility index (Phi) is 11.0. The van der Waals surface area contributed by atoms with Crippen molar-refractivity contribution in [3.63, 3.8) is 0 Å². The van der Waals surface area contributed by atoms with E-state index in [1.807, 2.05) is 12.1 Å². The number of halogens is 1. The predicted octanol–water partition coefficient (Wildman–Crippen LogP) is 3.44. The SMILES string of the molecule is CCNC(=NCCC1CCN(C)CC1)N(C)Cc1ccccc1OC.I. The van der Waals surface area contributed by atoms with Crippen LogP contribution in [-0.4, -0.2) is 63.1 Å². The van der Waals surface area contributed by atoms with Crippen LogP contribution in [0.15, 0.2) is 29.3 Å². The summed E-state index contributed by atoms with van der Waals surface area (Å²) in [6.07, 6.45) is 3.80. The minimum Gasteiger partial charge on any atom is -0.496 e. The summed E-state index contributed by atoms with van der Waals surface area (Å²) < 4.78 is 5.46. The van der Waals surface area contributed by atoms with Crippen molar-refractivity contribution in [2.75, 3.05) is 47.4 Å². The second-order valence-electron chi connectivity index (χ2n) is 6.94. The normalized spacial score (nSPS) is 16.1. The minimum absolute atomic E-state index is 0. The molecule has 1 aromatic rings. The van der Waals surface area contributed by atoms with E-state index in [-0.39, 0.29) is 24.0 Å². The predicted molar refractivity (Wildman–Crippen MR) is 121 cm³/mol. The first-order chi connectivity index (χ1) is 12.1. The first-order valence-electron chi connectivity index (χ1n) is 9.44. The lowest BCUT2D eigenvalue weighted by molar-refractivity contribution is 0.214. The Morgan fingerprint density at radius 3 is 2.65 bits per heavy atom. The van der Waals surface area contributed by atoms with Crippen LogP contribution in [0.25, 0.3) is 0 Å². The number of aliphatic imine (C=N–C) groups is 1. The molecule has 1 fully saturated rings. The third-order valence-electron chi connectivity index (χ3n) is 4.93. The Morgan fingerprint density at radius 2 is 2.00 bits per heavy atom. The highest BCUT2D eigenvalue weighted by atomic mass is 127. The van der Waals surface area contributed by atoms with Gasteiger partial charge in [0.2, 0.25) is 0 Å². The second-order valence-corrected chi connectivity index (χ2v) is 6.94. The first-order valence-corrected chi connectivity index (χ1v) is 9.44. The maximum Gasteiger partial charge on any atom is 0.193 e. The highest BCUT2D eigenvalue weighted by molar-refractivity contribution is 14.0. The Bertz CT molecular complexity index is 544. The van der Waals surface area contributed by atoms with E-state index < -0.39 is 0 Å². The molecule has 1 aromatic carbocycles. The molecule has 0 spiro atoms. The van der Waals surface area contributed by atoms with E-state index in [4.69, 9.17) is 9.73 Å². The molecule has 2 rings (SSSR count). The van der Waals surface area contributed by atoms with Crippen molar-refractivity contribution in [3.05, 3.63) is 29.8 Å². The monoisotopic (exact) mass is 474 g/mol. The lowest BCUT2D eigenvalue weighted by atomic mass is 9.94. The fourth-order valence-corrected chi connectivity index (χ4v) is 3.34. The number of para-hydroxylation sites is 1. The molecule has 0 saturated carbocycles. The van der Waals surface area contributed by atoms with Gasteiger partial charge in [0, 0.05) is 32.2 Å². The van der Waals surface area contributed by atoms with Crippen molar-refractivity contribution in [2.45, 2.75) is 32.7 Å². The minimum atomic E-state index is 0. The molecule has 1 aliphatic rings. The molecule has 0 bridgehead atoms. The Labute approximate surface area is 176 Å². The van der Waals surface area contributed by atoms with Crippen LogP contribution in [0.5, 0.6) is 5.75 Å². The Hall–Kier alpha value is -1.02. The third-order valence-corrected chi connectivity index (χ3v) is 4.93. The zero-order chi connectivity index (χ0) is 18.1. The molecular weight excluding hydrogens is 439 g/mol. The number of nitrogens with one attached hydrogen (secondary N) is 1. The van der Waals surface area contributed by atoms with Gasteiger partial charge in [-0.3, -0.25) is 4.99 Å². The molecule has 26 heavy (non-hydrogen) atoms. The number of piperidine rings is 1. The van der Waals surface area contributed by atoms with Crippen molar-refractivity contribution >= 4 is 29.9 Å². The number of methoxy groups -OCH3 is 1. The Balaban J connectivity index is 0.00000338. The number of hydrogen-bond acceptors (Lipinski definition) is 3. The number of ether oxygens (including phenoxy) is 1. The van der Waals surface area contributed by atoms with E-state index in [2.05, 4.69) is 48.3 Å². The van der Waals surface area contributed by atoms with Crippen LogP contribution in [0.4, 0.5) is 0 Å². The van der Waals surface area contributed by atoms with Crippen LogP contribution in [0, 0.1) is 5.92 Å². The summed E-state index contributed by atoms with van der Waals surface area (Å²) in [6.45, 7) is 7.12. The van der Waals surface area contributed by atoms with E-state index in [1.165, 1.54) is 37.9 Å². The molecule has 1 heterocycles. The summed E-state index contributed by atoms with van der Waals surface area (Å²) >= 11 is 0. The standard InChI is InChI=1S/C20H34N4O.HI/c1-5-21-20(22-13-10-17-11-14-23(2)15-12-17)24(3)16-18-8-6-7-9-19(18)25-4;/h6-9,17H,5,10-16H2,1-4H3,(H,21,22);1H. The average molecular weight is 474 g/mol. The fourth-order valence-electron chi connectivity index (χ4n) is 3.34. The molecule has 5 nitrogen and oxygen atoms in total. The number of benzene rings is 1. The number of hydrogen-bond donors (Lipinski definition) is 1. The van der Waals surface area contributed by atoms with Gasteiger partial charge in [-0.05, 0) is 58.3 Å². The van der Waals surface area contributed by atoms with E-state index in [0.717, 1.165) is 37.3 Å². The van der Waals surface area contributed by atoms with E-state index in [1.54, 1.807) is 7.11 Å². The number of guanidine groups is 1. The molecule has 148 valence electrons. The second kappa shape index (κ2) is 12.4. The summed E-state index contributed by atoms with van der Waals surface area (Å²) in [6, 6.07) is 8.17. The molecule has 0 atom stereocenters. The van der Waals surface area contributed by atoms with Crippen molar-refractivity contribution < 1.29 is 4.74 Å². The van der Waals surface area contributed by atoms with Gasteiger partial charge in [-0.25, -0.2) is 0 Å². The van der Waals surface area contributed by atoms with Crippen molar-refractivity contribution in [1.82, 2.24) is 15.1 Å². The van der Waals surface area contributed by atoms with Crippen LogP contribution in [0.1, 0.15) is 31.7 Å². The summed E-state index contributed by atoms with van der Waals surface area (Å²) in [5.74, 6) is 2.72. The van der Waals surface area contributed by atoms with Crippen LogP contribution in [-0.2, 0) is 6.54 Å². The van der Waals surface area contributed by atoms with Gasteiger partial charge in [0.25, 0.3) is 0 Å². The first kappa shape index (κ1) is 23.0. The van der Waals surface area contributed by atoms with Gasteiger partial charge in [-0.15, -0.1) is 24.0 Å². The number of likely N-dealkylation sites (tertiary alicyclic amines) is 1. The van der Waals surface area contributed by atoms with Gasteiger partial charge >= 0.3 is 0 Å². The van der Waals surface area contributed by atoms with E-state index >= 15 is 0 Å². The largest absolute Gasteiger partial charge is 0.496 e. The lowest BCUT2D eigenvalue weighted by Gasteiger charge is -2.28. The molecule has 1 saturated heterocycles. The molecule has 6 heteroatoms. The van der Waals surface area contributed by atoms with Gasteiger partial charge < -0.3 is 19.9 Å². The van der Waals surface area contributed by atoms with Crippen LogP contribution < -0.4 is 10.1 Å². The zero-order valence-electron chi connectivity index (χ0n) is 16.7. The molecule has 0 radical (unpaired) electrons. The van der Waals surface area contributed by atoms with Gasteiger partial charge in [0.1, 0.15) is 5.75 Å². The highest BCUT2D eigenvalue weighted by Gasteiger charge is 2.16. The highest BCUT2D eigenvalue weighted by Crippen LogP contribution is 2.20. The van der Waals surface area contributed by atoms with Crippen LogP contribution in [0.2, 0.25) is 0 Å². The van der Waals surface area contributed by atoms with Gasteiger partial charge in [0.15, 0.2) is 5.96 Å². The van der Waals surface area contributed by atoms with E-state index in [9.17, 15) is 0 Å². The molecule has 0 aliphatic carbocycles. The lowest BCUT2D eigenvalue weighted by Crippen LogP contribution is -2.38. The summed E-state index contributed by atoms with van der Waals surface area (Å²) in [7, 11) is 6.02. The third kappa shape index (κ3) is 7.31. The zero-order valence-corrected chi connectivity index (χ0v) is 19.0. The fraction of sp³-hybridized carbons (Fsp3) is 0.650. The van der Waals surface area contributed by atoms with Gasteiger partial charge in [0.05, 0.1) is 7.11 Å². The number of rotatable bonds is 7. The summed E-state index contributed by atoms with van der Waals surface area (Å²) in [4.78, 5) is 9.45. The van der Waals surface area contributed by atoms with Gasteiger partial charge in [-0.1, -0.05) is 18.2 Å². The summed E-state index contributed by atoms with van der Waals surface area (Å²) in [5, 5.41) is 3.41. The summed E-state index contributed by atoms with van der Waals surface area (Å²) in [5.41, 5.74) is 1.17. The van der Waals surface area contributed by atoms with Gasteiger partial charge in [-0.2, -0.15) is 0 Å². The maximum atomic E-state index is 5.46. The topological polar surface area (TPSA) is 40.1 Å². The molecule has 0 amide bonds. The Morgan fingerprint density at radius 1 is 1.31 bits per heavy atom. The molecule has 0 unspecified atom stereocenters. The molecule has 0 aromatic heterocycles. The van der Waals surface area contributed by atoms with Crippen LogP contribution in [0.3, 0.4) is 0 Å². The number of nitrogens with zero attached hydrogens (tertiary/aromatic N) is 3. The van der Waals surface area contributed by atoms with Crippen molar-refractivity contribution in [1.29, 1.82) is 0 Å². The van der Waals surface area contributed by atoms with E-state index in [0.29, 0.717) is 0 Å². The molecule has 1 N–H and O–H groups in total. The average Bonchev–Trinajstić information content (AvgIpc) is 2.63. The quantitative estimate of drug-likeness (QED) is 0.374. The maximum absolute atomic E-state index is 5.46. The molecular formula is C20H35IN4O. The van der Waals surface area contributed by atoms with Crippen molar-refractivity contribution in [3.8, 4) is 5.75 Å². The smallest absolute Gasteiger partial charge is 0.193 e. The molecule has 1 aliphatic heterocycles. The van der Waals surface area contributed by atoms with Crippen molar-refractivity contribution in [2.24, 2.45) is 10.9 Å². The van der Waals surface area contributed by atoms with Crippen LogP contribution >= 0.6 is 24.0 Å².